The van der Waals surface area contributed by atoms with Gasteiger partial charge in [-0.3, -0.25) is 33.6 Å². The van der Waals surface area contributed by atoms with E-state index in [1.165, 1.54) is 25.9 Å². The zero-order valence-electron chi connectivity index (χ0n) is 34.3. The summed E-state index contributed by atoms with van der Waals surface area (Å²) in [6.45, 7) is 4.30. The fraction of sp³-hybridized carbons (Fsp3) is 0.667. The van der Waals surface area contributed by atoms with Crippen molar-refractivity contribution in [1.82, 2.24) is 36.0 Å². The van der Waals surface area contributed by atoms with Crippen molar-refractivity contribution < 1.29 is 56.2 Å². The van der Waals surface area contributed by atoms with E-state index in [4.69, 9.17) is 23.2 Å². The lowest BCUT2D eigenvalue weighted by Gasteiger charge is -2.35. The first-order valence-corrected chi connectivity index (χ1v) is 20.5. The van der Waals surface area contributed by atoms with Gasteiger partial charge in [0.25, 0.3) is 5.91 Å². The first-order chi connectivity index (χ1) is 27.8. The Morgan fingerprint density at radius 2 is 1.72 bits per heavy atom. The van der Waals surface area contributed by atoms with Gasteiger partial charge in [-0.05, 0) is 82.1 Å². The van der Waals surface area contributed by atoms with Crippen molar-refractivity contribution >= 4 is 64.6 Å². The molecule has 1 aromatic rings. The summed E-state index contributed by atoms with van der Waals surface area (Å²) in [5.74, 6) is -6.58. The Morgan fingerprint density at radius 1 is 1.07 bits per heavy atom. The molecule has 1 aliphatic carbocycles. The maximum absolute atomic E-state index is 14.5. The van der Waals surface area contributed by atoms with Crippen LogP contribution in [0.15, 0.2) is 18.2 Å². The SMILES string of the molecule is CC(C)C[C@@H]1NC(=O)[C@@H](N(C)C(=O)[C@H](C)NC(=O)[C@@H]2C[C@@H](F)CN2C(=O)[C@@](C)(O)C(F)(F)F)CCCCNC(=O)C2(CC2)NC(=O)[C@H](Cc2cc(Cl)ccc2Cl)N(C)C1=O. The molecule has 2 aliphatic heterocycles. The number of carbonyl (C=O) groups is 7. The van der Waals surface area contributed by atoms with Crippen LogP contribution in [0.1, 0.15) is 78.2 Å². The van der Waals surface area contributed by atoms with E-state index in [1.54, 1.807) is 18.2 Å². The number of benzene rings is 1. The van der Waals surface area contributed by atoms with Crippen LogP contribution in [0.25, 0.3) is 0 Å². The monoisotopic (exact) mass is 893 g/mol. The summed E-state index contributed by atoms with van der Waals surface area (Å²) in [5, 5.41) is 21.3. The first-order valence-electron chi connectivity index (χ1n) is 19.7. The van der Waals surface area contributed by atoms with Crippen LogP contribution in [0.2, 0.25) is 10.0 Å². The van der Waals surface area contributed by atoms with Crippen LogP contribution >= 0.6 is 23.2 Å². The highest BCUT2D eigenvalue weighted by Crippen LogP contribution is 2.37. The van der Waals surface area contributed by atoms with E-state index in [0.717, 1.165) is 4.90 Å². The third-order valence-corrected chi connectivity index (χ3v) is 11.8. The fourth-order valence-electron chi connectivity index (χ4n) is 7.35. The molecule has 7 amide bonds. The van der Waals surface area contributed by atoms with Gasteiger partial charge in [0, 0.05) is 43.5 Å². The lowest BCUT2D eigenvalue weighted by Crippen LogP contribution is -2.61. The van der Waals surface area contributed by atoms with Gasteiger partial charge in [0.15, 0.2) is 0 Å². The third kappa shape index (κ3) is 11.2. The number of nitrogens with zero attached hydrogens (tertiary/aromatic N) is 3. The molecule has 2 saturated heterocycles. The normalized spacial score (nSPS) is 25.9. The predicted octanol–water partition coefficient (Wildman–Crippen LogP) is 2.43. The quantitative estimate of drug-likeness (QED) is 0.233. The summed E-state index contributed by atoms with van der Waals surface area (Å²) in [4.78, 5) is 98.3. The lowest BCUT2D eigenvalue weighted by molar-refractivity contribution is -0.250. The maximum atomic E-state index is 14.5. The topological polar surface area (TPSA) is 198 Å². The second kappa shape index (κ2) is 19.2. The van der Waals surface area contributed by atoms with Gasteiger partial charge in [0.05, 0.1) is 6.54 Å². The largest absolute Gasteiger partial charge is 0.426 e. The van der Waals surface area contributed by atoms with Crippen molar-refractivity contribution in [3.63, 3.8) is 0 Å². The number of rotatable bonds is 9. The van der Waals surface area contributed by atoms with Crippen LogP contribution in [-0.2, 0) is 40.0 Å². The van der Waals surface area contributed by atoms with Crippen LogP contribution in [0.3, 0.4) is 0 Å². The van der Waals surface area contributed by atoms with Gasteiger partial charge < -0.3 is 41.1 Å². The molecule has 1 aromatic carbocycles. The van der Waals surface area contributed by atoms with Gasteiger partial charge in [-0.15, -0.1) is 0 Å². The molecule has 0 bridgehead atoms. The molecular weight excluding hydrogens is 841 g/mol. The Balaban J connectivity index is 1.60. The molecule has 5 N–H and O–H groups in total. The van der Waals surface area contributed by atoms with Gasteiger partial charge in [0.2, 0.25) is 41.0 Å². The van der Waals surface area contributed by atoms with Crippen molar-refractivity contribution in [3.8, 4) is 0 Å². The van der Waals surface area contributed by atoms with E-state index in [9.17, 15) is 56.2 Å². The number of likely N-dealkylation sites (tertiary alicyclic amines) is 1. The Morgan fingerprint density at radius 3 is 2.32 bits per heavy atom. The van der Waals surface area contributed by atoms with E-state index < -0.39 is 108 Å². The number of halogens is 6. The van der Waals surface area contributed by atoms with Gasteiger partial charge in [-0.2, -0.15) is 13.2 Å². The van der Waals surface area contributed by atoms with Crippen molar-refractivity contribution in [2.75, 3.05) is 27.2 Å². The van der Waals surface area contributed by atoms with Crippen LogP contribution < -0.4 is 21.3 Å². The Hall–Kier alpha value is -4.23. The van der Waals surface area contributed by atoms with E-state index in [0.29, 0.717) is 29.8 Å². The van der Waals surface area contributed by atoms with Crippen molar-refractivity contribution in [1.29, 1.82) is 0 Å². The van der Waals surface area contributed by atoms with Crippen LogP contribution in [0.5, 0.6) is 0 Å². The molecule has 2 heterocycles. The number of amides is 7. The molecule has 0 unspecified atom stereocenters. The minimum Gasteiger partial charge on any atom is -0.373 e. The zero-order chi connectivity index (χ0) is 45.1. The van der Waals surface area contributed by atoms with E-state index in [2.05, 4.69) is 21.3 Å². The summed E-state index contributed by atoms with van der Waals surface area (Å²) in [6, 6.07) is -2.29. The Kier molecular flexibility index (Phi) is 15.5. The van der Waals surface area contributed by atoms with Crippen LogP contribution in [0.4, 0.5) is 17.6 Å². The number of carbonyl (C=O) groups excluding carboxylic acids is 7. The minimum atomic E-state index is -5.43. The molecule has 7 atom stereocenters. The average molecular weight is 895 g/mol. The number of likely N-dealkylation sites (N-methyl/N-ethyl adjacent to an activating group) is 2. The van der Waals surface area contributed by atoms with E-state index in [-0.39, 0.29) is 55.0 Å². The molecule has 3 fully saturated rings. The van der Waals surface area contributed by atoms with Gasteiger partial charge in [0.1, 0.15) is 41.9 Å². The molecule has 0 aromatic heterocycles. The van der Waals surface area contributed by atoms with Gasteiger partial charge >= 0.3 is 6.18 Å². The van der Waals surface area contributed by atoms with E-state index >= 15 is 0 Å². The highest BCUT2D eigenvalue weighted by atomic mass is 35.5. The summed E-state index contributed by atoms with van der Waals surface area (Å²) >= 11 is 12.7. The Bertz CT molecular complexity index is 1830. The number of alkyl halides is 4. The predicted molar refractivity (Wildman–Crippen MR) is 211 cm³/mol. The molecule has 21 heteroatoms. The molecule has 334 valence electrons. The van der Waals surface area contributed by atoms with Gasteiger partial charge in [-0.1, -0.05) is 37.0 Å². The second-order valence-electron chi connectivity index (χ2n) is 16.5. The second-order valence-corrected chi connectivity index (χ2v) is 17.3. The molecule has 1 spiro atoms. The summed E-state index contributed by atoms with van der Waals surface area (Å²) < 4.78 is 54.9. The molecule has 4 rings (SSSR count). The van der Waals surface area contributed by atoms with Crippen molar-refractivity contribution in [3.05, 3.63) is 33.8 Å². The number of nitrogens with one attached hydrogen (secondary N) is 4. The lowest BCUT2D eigenvalue weighted by atomic mass is 9.98. The summed E-state index contributed by atoms with van der Waals surface area (Å²) in [5.41, 5.74) is -4.67. The number of aliphatic hydroxyl groups is 1. The molecule has 3 aliphatic rings. The number of hydrogen-bond donors (Lipinski definition) is 5. The van der Waals surface area contributed by atoms with Crippen LogP contribution in [-0.4, -0.2) is 142 Å². The zero-order valence-corrected chi connectivity index (χ0v) is 35.8. The standard InChI is InChI=1S/C39H53Cl2F4N7O8/c1-20(2)15-26-34(57)51(6)28(17-22-16-23(40)10-11-25(22)41)32(55)49-38(12-13-38)35(58)46-14-8-7-9-27(30(53)48-26)50(5)33(56)21(3)47-31(54)29-18-24(42)19-52(29)36(59)37(4,60)39(43,44)45/h10-11,16,20-21,24,26-29,60H,7-9,12-15,17-19H2,1-6H3,(H,46,58)(H,47,54)(H,48,53)(H,49,55)/t21-,24+,26-,27-,28-,29-,37+/m0/s1. The van der Waals surface area contributed by atoms with Crippen LogP contribution in [0, 0.1) is 5.92 Å². The molecule has 15 nitrogen and oxygen atoms in total. The third-order valence-electron chi connectivity index (χ3n) is 11.2. The number of hydrogen-bond acceptors (Lipinski definition) is 8. The molecular formula is C39H53Cl2F4N7O8. The van der Waals surface area contributed by atoms with Crippen molar-refractivity contribution in [2.45, 2.75) is 133 Å². The fourth-order valence-corrected chi connectivity index (χ4v) is 7.74. The van der Waals surface area contributed by atoms with Gasteiger partial charge in [-0.25, -0.2) is 4.39 Å². The van der Waals surface area contributed by atoms with Crippen molar-refractivity contribution in [2.24, 2.45) is 5.92 Å². The summed E-state index contributed by atoms with van der Waals surface area (Å²) in [6.07, 6.45) is -6.67. The molecule has 1 saturated carbocycles. The molecule has 60 heavy (non-hydrogen) atoms. The smallest absolute Gasteiger partial charge is 0.373 e. The Labute approximate surface area is 355 Å². The first kappa shape index (κ1) is 48.4. The summed E-state index contributed by atoms with van der Waals surface area (Å²) in [7, 11) is 2.66. The highest BCUT2D eigenvalue weighted by molar-refractivity contribution is 6.33. The maximum Gasteiger partial charge on any atom is 0.426 e. The minimum absolute atomic E-state index is 0.0156. The molecule has 0 radical (unpaired) electrons. The average Bonchev–Trinajstić information content (AvgIpc) is 3.84. The highest BCUT2D eigenvalue weighted by Gasteiger charge is 2.59. The van der Waals surface area contributed by atoms with E-state index in [1.807, 2.05) is 13.8 Å².